The van der Waals surface area contributed by atoms with E-state index in [9.17, 15) is 30.0 Å². The minimum absolute atomic E-state index is 0.00601. The van der Waals surface area contributed by atoms with Gasteiger partial charge in [0.1, 0.15) is 23.7 Å². The highest BCUT2D eigenvalue weighted by atomic mass is 16.5. The molecule has 12 heteroatoms. The molecule has 2 saturated heterocycles. The van der Waals surface area contributed by atoms with Gasteiger partial charge in [0.25, 0.3) is 0 Å². The van der Waals surface area contributed by atoms with Gasteiger partial charge < -0.3 is 40.5 Å². The summed E-state index contributed by atoms with van der Waals surface area (Å²) < 4.78 is 12.1. The topological polar surface area (TPSA) is 164 Å². The van der Waals surface area contributed by atoms with E-state index in [4.69, 9.17) is 9.47 Å². The Bertz CT molecular complexity index is 1990. The smallest absolute Gasteiger partial charge is 0.228 e. The summed E-state index contributed by atoms with van der Waals surface area (Å²) in [6.07, 6.45) is 2.38. The fraction of sp³-hybridized carbons (Fsp3) is 0.435. The Balaban J connectivity index is 0.000000150. The molecule has 4 aromatic carbocycles. The molecule has 4 aromatic rings. The Kier molecular flexibility index (Phi) is 10.5. The maximum atomic E-state index is 11.5. The number of para-hydroxylation sites is 2. The van der Waals surface area contributed by atoms with Crippen molar-refractivity contribution in [2.75, 3.05) is 49.9 Å². The van der Waals surface area contributed by atoms with E-state index < -0.39 is 23.4 Å². The molecule has 2 aliphatic carbocycles. The van der Waals surface area contributed by atoms with Crippen LogP contribution in [-0.2, 0) is 22.4 Å². The molecule has 2 amide bonds. The fourth-order valence-electron chi connectivity index (χ4n) is 10.2. The number of likely N-dealkylation sites (tertiary alicyclic amines) is 2. The number of hydrogen-bond acceptors (Lipinski definition) is 10. The fourth-order valence-corrected chi connectivity index (χ4v) is 10.2. The van der Waals surface area contributed by atoms with Crippen LogP contribution in [0.25, 0.3) is 0 Å². The average molecular weight is 789 g/mol. The van der Waals surface area contributed by atoms with Crippen molar-refractivity contribution in [1.82, 2.24) is 9.80 Å². The highest BCUT2D eigenvalue weighted by molar-refractivity contribution is 5.99. The van der Waals surface area contributed by atoms with Gasteiger partial charge in [0, 0.05) is 75.3 Å². The number of nitrogens with one attached hydrogen (secondary N) is 2. The first-order valence-electron chi connectivity index (χ1n) is 20.5. The molecule has 0 spiro atoms. The summed E-state index contributed by atoms with van der Waals surface area (Å²) in [7, 11) is 0. The molecule has 4 aliphatic heterocycles. The van der Waals surface area contributed by atoms with Crippen LogP contribution in [0.3, 0.4) is 0 Å². The number of aliphatic hydroxyl groups is 4. The summed E-state index contributed by atoms with van der Waals surface area (Å²) in [4.78, 5) is 27.3. The van der Waals surface area contributed by atoms with Crippen LogP contribution in [0, 0.1) is 11.8 Å². The molecule has 4 heterocycles. The van der Waals surface area contributed by atoms with Crippen LogP contribution in [0.5, 0.6) is 11.5 Å². The van der Waals surface area contributed by atoms with Crippen LogP contribution in [0.1, 0.15) is 60.1 Å². The number of benzene rings is 4. The largest absolute Gasteiger partial charge is 0.490 e. The Morgan fingerprint density at radius 2 is 1.03 bits per heavy atom. The Hall–Kier alpha value is -4.82. The third kappa shape index (κ3) is 8.22. The zero-order valence-electron chi connectivity index (χ0n) is 32.5. The van der Waals surface area contributed by atoms with E-state index in [2.05, 4.69) is 20.4 Å². The van der Waals surface area contributed by atoms with Crippen molar-refractivity contribution in [3.63, 3.8) is 0 Å². The van der Waals surface area contributed by atoms with E-state index >= 15 is 0 Å². The molecule has 4 fully saturated rings. The van der Waals surface area contributed by atoms with Crippen molar-refractivity contribution in [1.29, 1.82) is 0 Å². The first-order valence-corrected chi connectivity index (χ1v) is 20.5. The molecule has 58 heavy (non-hydrogen) atoms. The maximum absolute atomic E-state index is 11.5. The number of anilines is 2. The molecular formula is C46H52N4O8. The van der Waals surface area contributed by atoms with Crippen molar-refractivity contribution in [2.24, 2.45) is 11.8 Å². The van der Waals surface area contributed by atoms with Crippen LogP contribution in [0.4, 0.5) is 11.4 Å². The van der Waals surface area contributed by atoms with Crippen LogP contribution in [-0.4, -0.2) is 105 Å². The summed E-state index contributed by atoms with van der Waals surface area (Å²) in [5, 5.41) is 49.3. The lowest BCUT2D eigenvalue weighted by atomic mass is 9.95. The summed E-state index contributed by atoms with van der Waals surface area (Å²) >= 11 is 0. The summed E-state index contributed by atoms with van der Waals surface area (Å²) in [5.41, 5.74) is 3.65. The van der Waals surface area contributed by atoms with Gasteiger partial charge >= 0.3 is 0 Å². The number of fused-ring (bicyclic) bond motifs is 4. The van der Waals surface area contributed by atoms with E-state index in [1.54, 1.807) is 0 Å². The first-order chi connectivity index (χ1) is 28.0. The molecule has 12 nitrogen and oxygen atoms in total. The monoisotopic (exact) mass is 788 g/mol. The third-order valence-electron chi connectivity index (χ3n) is 13.0. The van der Waals surface area contributed by atoms with Crippen LogP contribution in [0.2, 0.25) is 0 Å². The van der Waals surface area contributed by atoms with Crippen molar-refractivity contribution in [3.05, 3.63) is 119 Å². The number of carbonyl (C=O) groups is 2. The Morgan fingerprint density at radius 3 is 1.43 bits per heavy atom. The predicted octanol–water partition coefficient (Wildman–Crippen LogP) is 4.24. The highest BCUT2D eigenvalue weighted by Crippen LogP contribution is 2.45. The van der Waals surface area contributed by atoms with E-state index in [1.807, 2.05) is 97.1 Å². The van der Waals surface area contributed by atoms with Gasteiger partial charge in [-0.1, -0.05) is 60.7 Å². The second-order valence-corrected chi connectivity index (χ2v) is 17.3. The lowest BCUT2D eigenvalue weighted by Gasteiger charge is -2.25. The molecule has 2 saturated carbocycles. The Morgan fingerprint density at radius 1 is 0.621 bits per heavy atom. The predicted molar refractivity (Wildman–Crippen MR) is 217 cm³/mol. The lowest BCUT2D eigenvalue weighted by molar-refractivity contribution is -0.115. The number of carbonyl (C=O) groups excluding carboxylic acids is 2. The molecule has 8 atom stereocenters. The summed E-state index contributed by atoms with van der Waals surface area (Å²) in [6.45, 7) is 3.56. The van der Waals surface area contributed by atoms with E-state index in [0.29, 0.717) is 51.9 Å². The van der Waals surface area contributed by atoms with Gasteiger partial charge in [-0.15, -0.1) is 0 Å². The number of amides is 2. The molecule has 304 valence electrons. The number of ether oxygens (including phenoxy) is 2. The molecule has 6 N–H and O–H groups in total. The average Bonchev–Trinajstić information content (AvgIpc) is 4.01. The van der Waals surface area contributed by atoms with Gasteiger partial charge in [-0.25, -0.2) is 0 Å². The van der Waals surface area contributed by atoms with Gasteiger partial charge in [0.2, 0.25) is 11.8 Å². The van der Waals surface area contributed by atoms with Crippen LogP contribution in [0.15, 0.2) is 97.1 Å². The summed E-state index contributed by atoms with van der Waals surface area (Å²) in [6, 6.07) is 30.8. The van der Waals surface area contributed by atoms with E-state index in [1.165, 1.54) is 0 Å². The van der Waals surface area contributed by atoms with E-state index in [-0.39, 0.29) is 35.9 Å². The maximum Gasteiger partial charge on any atom is 0.228 e. The summed E-state index contributed by atoms with van der Waals surface area (Å²) in [5.74, 6) is 1.99. The van der Waals surface area contributed by atoms with Crippen molar-refractivity contribution in [2.45, 2.75) is 74.1 Å². The van der Waals surface area contributed by atoms with Gasteiger partial charge in [-0.3, -0.25) is 19.4 Å². The zero-order chi connectivity index (χ0) is 40.0. The number of hydrogen-bond donors (Lipinski definition) is 6. The number of rotatable bonds is 10. The highest BCUT2D eigenvalue weighted by Gasteiger charge is 2.54. The number of β-amino-alcohol motifs (C(OH)–C–C–N with tert-alkyl or cyclic N) is 4. The number of aliphatic hydroxyl groups excluding tert-OH is 2. The van der Waals surface area contributed by atoms with Gasteiger partial charge in [0.15, 0.2) is 0 Å². The van der Waals surface area contributed by atoms with Crippen molar-refractivity contribution in [3.8, 4) is 11.5 Å². The molecule has 0 aromatic heterocycles. The standard InChI is InChI=1S/2C23H26N2O4/c2*26-21(15-6-7-20-16(8-15)9-22(27)24-20)13-25-12-17-10-19(11-23(17,28)14-25)29-18-4-2-1-3-5-18/h2*1-8,17,19,21,26,28H,9-14H2,(H,24,27)/t2*17-,19+,21?,23-/m11/s1. The molecular weight excluding hydrogens is 737 g/mol. The van der Waals surface area contributed by atoms with Gasteiger partial charge in [-0.2, -0.15) is 0 Å². The van der Waals surface area contributed by atoms with Gasteiger partial charge in [-0.05, 0) is 71.5 Å². The molecule has 2 unspecified atom stereocenters. The minimum Gasteiger partial charge on any atom is -0.490 e. The van der Waals surface area contributed by atoms with E-state index in [0.717, 1.165) is 71.1 Å². The number of nitrogens with zero attached hydrogens (tertiary/aromatic N) is 2. The second kappa shape index (κ2) is 15.7. The van der Waals surface area contributed by atoms with Gasteiger partial charge in [0.05, 0.1) is 36.3 Å². The second-order valence-electron chi connectivity index (χ2n) is 17.3. The molecule has 0 bridgehead atoms. The normalized spacial score (nSPS) is 29.4. The van der Waals surface area contributed by atoms with Crippen molar-refractivity contribution >= 4 is 23.2 Å². The SMILES string of the molecule is O=C1Cc2cc(C(O)CN3C[C@H]4C[C@H](Oc5ccccc5)C[C@@]4(O)C3)ccc2N1.O=C1Cc2cc(C(O)CN3C[C@H]4C[C@H](Oc5ccccc5)C[C@@]4(O)C3)ccc2N1. The Labute approximate surface area is 338 Å². The van der Waals surface area contributed by atoms with Crippen LogP contribution < -0.4 is 20.1 Å². The molecule has 10 rings (SSSR count). The minimum atomic E-state index is -0.757. The third-order valence-corrected chi connectivity index (χ3v) is 13.0. The van der Waals surface area contributed by atoms with Crippen molar-refractivity contribution < 1.29 is 39.5 Å². The zero-order valence-corrected chi connectivity index (χ0v) is 32.5. The lowest BCUT2D eigenvalue weighted by Crippen LogP contribution is -2.36. The molecule has 0 radical (unpaired) electrons. The first kappa shape index (κ1) is 38.7. The van der Waals surface area contributed by atoms with Crippen LogP contribution >= 0.6 is 0 Å². The molecule has 6 aliphatic rings. The quantitative estimate of drug-likeness (QED) is 0.137.